The minimum absolute atomic E-state index is 0.250. The molecule has 2 amide bonds. The molecule has 0 bridgehead atoms. The van der Waals surface area contributed by atoms with Crippen molar-refractivity contribution in [3.63, 3.8) is 0 Å². The van der Waals surface area contributed by atoms with E-state index >= 15 is 0 Å². The lowest BCUT2D eigenvalue weighted by Crippen LogP contribution is -2.27. The van der Waals surface area contributed by atoms with E-state index in [9.17, 15) is 9.59 Å². The van der Waals surface area contributed by atoms with E-state index in [0.29, 0.717) is 0 Å². The molecule has 0 aromatic rings. The van der Waals surface area contributed by atoms with Gasteiger partial charge in [-0.05, 0) is 0 Å². The average Bonchev–Trinajstić information content (AvgIpc) is 1.64. The first-order chi connectivity index (χ1) is 4.09. The summed E-state index contributed by atoms with van der Waals surface area (Å²) in [6, 6.07) is 0. The highest BCUT2D eigenvalue weighted by molar-refractivity contribution is 5.89. The summed E-state index contributed by atoms with van der Waals surface area (Å²) < 4.78 is 0. The molecule has 0 rings (SSSR count). The van der Waals surface area contributed by atoms with Gasteiger partial charge < -0.3 is 5.11 Å². The summed E-state index contributed by atoms with van der Waals surface area (Å²) >= 11 is 0. The van der Waals surface area contributed by atoms with Crippen molar-refractivity contribution in [1.82, 2.24) is 5.01 Å². The molecular weight excluding hydrogens is 124 g/mol. The van der Waals surface area contributed by atoms with Crippen LogP contribution in [0.2, 0.25) is 0 Å². The molecule has 5 nitrogen and oxygen atoms in total. The zero-order valence-electron chi connectivity index (χ0n) is 4.87. The van der Waals surface area contributed by atoms with Gasteiger partial charge in [-0.15, -0.1) is 5.01 Å². The molecule has 0 aliphatic heterocycles. The maximum Gasteiger partial charge on any atom is 0.435 e. The van der Waals surface area contributed by atoms with Crippen molar-refractivity contribution in [2.45, 2.75) is 6.92 Å². The summed E-state index contributed by atoms with van der Waals surface area (Å²) in [7, 11) is 0. The molecule has 0 aliphatic carbocycles. The highest BCUT2D eigenvalue weighted by atomic mass is 16.4. The summed E-state index contributed by atoms with van der Waals surface area (Å²) in [5.41, 5.74) is 0. The van der Waals surface area contributed by atoms with E-state index in [1.165, 1.54) is 0 Å². The van der Waals surface area contributed by atoms with Crippen LogP contribution in [-0.2, 0) is 4.79 Å². The quantitative estimate of drug-likeness (QED) is 0.405. The van der Waals surface area contributed by atoms with Crippen molar-refractivity contribution in [2.75, 3.05) is 0 Å². The minimum Gasteiger partial charge on any atom is -0.463 e. The second-order valence-corrected chi connectivity index (χ2v) is 1.25. The van der Waals surface area contributed by atoms with Gasteiger partial charge in [-0.25, -0.2) is 4.79 Å². The molecule has 0 aromatic heterocycles. The molecule has 1 N–H and O–H groups in total. The van der Waals surface area contributed by atoms with Crippen molar-refractivity contribution in [3.8, 4) is 0 Å². The fourth-order valence-electron chi connectivity index (χ4n) is 0.295. The van der Waals surface area contributed by atoms with Gasteiger partial charge in [0.2, 0.25) is 5.91 Å². The van der Waals surface area contributed by atoms with Gasteiger partial charge in [0.05, 0.1) is 0 Å². The van der Waals surface area contributed by atoms with Crippen molar-refractivity contribution in [3.05, 3.63) is 0 Å². The number of carbonyl (C=O) groups is 2. The average molecular weight is 130 g/mol. The van der Waals surface area contributed by atoms with Crippen LogP contribution in [0.25, 0.3) is 0 Å². The first-order valence-electron chi connectivity index (χ1n) is 2.10. The van der Waals surface area contributed by atoms with Gasteiger partial charge in [-0.1, -0.05) is 0 Å². The first-order valence-corrected chi connectivity index (χ1v) is 2.10. The predicted molar refractivity (Wildman–Crippen MR) is 30.1 cm³/mol. The molecule has 0 aliphatic rings. The van der Waals surface area contributed by atoms with Crippen LogP contribution in [0, 0.1) is 0 Å². The molecule has 0 aromatic carbocycles. The fourth-order valence-corrected chi connectivity index (χ4v) is 0.295. The number of amides is 2. The van der Waals surface area contributed by atoms with E-state index < -0.39 is 12.0 Å². The van der Waals surface area contributed by atoms with Gasteiger partial charge in [0.25, 0.3) is 0 Å². The molecule has 0 saturated heterocycles. The lowest BCUT2D eigenvalue weighted by atomic mass is 10.7. The molecule has 0 fully saturated rings. The van der Waals surface area contributed by atoms with E-state index in [1.807, 2.05) is 0 Å². The fraction of sp³-hybridized carbons (Fsp3) is 0.250. The van der Waals surface area contributed by atoms with Gasteiger partial charge in [0, 0.05) is 13.6 Å². The molecule has 0 heterocycles. The number of hydrogen-bond donors (Lipinski definition) is 1. The molecular formula is C4H6N2O3. The molecule has 0 atom stereocenters. The van der Waals surface area contributed by atoms with Gasteiger partial charge in [0.15, 0.2) is 0 Å². The summed E-state index contributed by atoms with van der Waals surface area (Å²) in [4.78, 5) is 20.2. The normalized spacial score (nSPS) is 8.11. The van der Waals surface area contributed by atoms with Crippen LogP contribution in [-0.4, -0.2) is 28.8 Å². The van der Waals surface area contributed by atoms with E-state index in [2.05, 4.69) is 11.8 Å². The molecule has 0 radical (unpaired) electrons. The van der Waals surface area contributed by atoms with Crippen molar-refractivity contribution < 1.29 is 14.7 Å². The van der Waals surface area contributed by atoms with Gasteiger partial charge in [-0.3, -0.25) is 4.79 Å². The number of carboxylic acid groups (broad SMARTS) is 1. The second-order valence-electron chi connectivity index (χ2n) is 1.25. The van der Waals surface area contributed by atoms with E-state index in [0.717, 1.165) is 6.92 Å². The standard InChI is InChI=1S/C4H6N2O3/c1-3(7)6(5-2)4(8)9/h2H2,1H3,(H,8,9). The lowest BCUT2D eigenvalue weighted by molar-refractivity contribution is -0.126. The van der Waals surface area contributed by atoms with Gasteiger partial charge >= 0.3 is 6.09 Å². The third-order valence-corrected chi connectivity index (χ3v) is 0.621. The Morgan fingerprint density at radius 1 is 1.67 bits per heavy atom. The SMILES string of the molecule is C=NN(C(C)=O)C(=O)O. The Labute approximate surface area is 51.6 Å². The van der Waals surface area contributed by atoms with Crippen molar-refractivity contribution in [2.24, 2.45) is 5.10 Å². The van der Waals surface area contributed by atoms with E-state index in [4.69, 9.17) is 5.11 Å². The summed E-state index contributed by atoms with van der Waals surface area (Å²) in [5, 5.41) is 11.3. The highest BCUT2D eigenvalue weighted by Crippen LogP contribution is 1.88. The maximum absolute atomic E-state index is 10.2. The number of hydrogen-bond acceptors (Lipinski definition) is 3. The number of imide groups is 1. The Morgan fingerprint density at radius 2 is 2.11 bits per heavy atom. The third-order valence-electron chi connectivity index (χ3n) is 0.621. The first kappa shape index (κ1) is 7.61. The molecule has 0 saturated carbocycles. The van der Waals surface area contributed by atoms with Crippen molar-refractivity contribution >= 4 is 18.7 Å². The second kappa shape index (κ2) is 2.81. The Balaban J connectivity index is 4.16. The highest BCUT2D eigenvalue weighted by Gasteiger charge is 2.12. The maximum atomic E-state index is 10.2. The summed E-state index contributed by atoms with van der Waals surface area (Å²) in [5.74, 6) is -0.669. The Bertz CT molecular complexity index is 140. The van der Waals surface area contributed by atoms with Crippen LogP contribution < -0.4 is 0 Å². The zero-order chi connectivity index (χ0) is 7.44. The molecule has 5 heteroatoms. The minimum atomic E-state index is -1.42. The predicted octanol–water partition coefficient (Wildman–Crippen LogP) is 0.129. The molecule has 50 valence electrons. The van der Waals surface area contributed by atoms with Crippen LogP contribution in [0.3, 0.4) is 0 Å². The van der Waals surface area contributed by atoms with E-state index in [-0.39, 0.29) is 5.01 Å². The zero-order valence-corrected chi connectivity index (χ0v) is 4.87. The lowest BCUT2D eigenvalue weighted by Gasteiger charge is -2.04. The number of carbonyl (C=O) groups excluding carboxylic acids is 1. The number of nitrogens with zero attached hydrogens (tertiary/aromatic N) is 2. The third kappa shape index (κ3) is 1.89. The van der Waals surface area contributed by atoms with E-state index in [1.54, 1.807) is 0 Å². The van der Waals surface area contributed by atoms with Crippen LogP contribution in [0.4, 0.5) is 4.79 Å². The Hall–Kier alpha value is -1.39. The van der Waals surface area contributed by atoms with Crippen molar-refractivity contribution in [1.29, 1.82) is 0 Å². The van der Waals surface area contributed by atoms with Gasteiger partial charge in [-0.2, -0.15) is 5.10 Å². The Kier molecular flexibility index (Phi) is 2.37. The largest absolute Gasteiger partial charge is 0.463 e. The van der Waals surface area contributed by atoms with Gasteiger partial charge in [0.1, 0.15) is 0 Å². The molecule has 0 spiro atoms. The molecule has 9 heavy (non-hydrogen) atoms. The summed E-state index contributed by atoms with van der Waals surface area (Å²) in [6.45, 7) is 3.96. The number of rotatable bonds is 1. The van der Waals surface area contributed by atoms with Crippen LogP contribution in [0.15, 0.2) is 5.10 Å². The topological polar surface area (TPSA) is 70.0 Å². The summed E-state index contributed by atoms with van der Waals surface area (Å²) in [6.07, 6.45) is -1.42. The van der Waals surface area contributed by atoms with Crippen LogP contribution in [0.1, 0.15) is 6.92 Å². The smallest absolute Gasteiger partial charge is 0.435 e. The monoisotopic (exact) mass is 130 g/mol. The Morgan fingerprint density at radius 3 is 2.11 bits per heavy atom. The van der Waals surface area contributed by atoms with Crippen LogP contribution in [0.5, 0.6) is 0 Å². The number of hydrazone groups is 1. The molecule has 0 unspecified atom stereocenters. The van der Waals surface area contributed by atoms with Crippen LogP contribution >= 0.6 is 0 Å².